The molecule has 0 bridgehead atoms. The zero-order valence-electron chi connectivity index (χ0n) is 5.93. The molecule has 0 aromatic heterocycles. The number of rotatable bonds is 2. The van der Waals surface area contributed by atoms with Crippen LogP contribution in [0.4, 0.5) is 0 Å². The van der Waals surface area contributed by atoms with Crippen molar-refractivity contribution in [3.05, 3.63) is 11.5 Å². The van der Waals surface area contributed by atoms with Crippen LogP contribution in [0.25, 0.3) is 11.5 Å². The van der Waals surface area contributed by atoms with Gasteiger partial charge >= 0.3 is 0 Å². The first-order valence-corrected chi connectivity index (χ1v) is 3.95. The van der Waals surface area contributed by atoms with Crippen LogP contribution in [0.2, 0.25) is 0 Å². The van der Waals surface area contributed by atoms with Gasteiger partial charge in [-0.2, -0.15) is 0 Å². The summed E-state index contributed by atoms with van der Waals surface area (Å²) < 4.78 is 0. The van der Waals surface area contributed by atoms with Crippen LogP contribution in [-0.2, 0) is 42.3 Å². The van der Waals surface area contributed by atoms with Gasteiger partial charge in [-0.1, -0.05) is 20.1 Å². The number of nitrogens with one attached hydrogen (secondary N) is 4. The smallest absolute Gasteiger partial charge is 0 e. The van der Waals surface area contributed by atoms with Gasteiger partial charge in [0.05, 0.1) is 0 Å². The fourth-order valence-electron chi connectivity index (χ4n) is 0. The minimum atomic E-state index is -0.259. The first-order chi connectivity index (χ1) is 5.29. The third kappa shape index (κ3) is 18.8. The topological polar surface area (TPSA) is 95.3 Å². The van der Waals surface area contributed by atoms with E-state index in [1.165, 1.54) is 0 Å². The maximum absolute atomic E-state index is 6.44. The predicted octanol–water partition coefficient (Wildman–Crippen LogP) is 1.78. The monoisotopic (exact) mass is 299 g/mol. The summed E-state index contributed by atoms with van der Waals surface area (Å²) in [5, 5.41) is 12.4. The van der Waals surface area contributed by atoms with Crippen molar-refractivity contribution in [2.45, 2.75) is 0 Å². The van der Waals surface area contributed by atoms with E-state index in [1.807, 2.05) is 0 Å². The first-order valence-electron chi connectivity index (χ1n) is 2.32. The summed E-state index contributed by atoms with van der Waals surface area (Å²) in [4.78, 5) is -0.519. The molecule has 0 rings (SSSR count). The molecule has 0 fully saturated rings. The predicted molar refractivity (Wildman–Crippen MR) is 64.0 cm³/mol. The average molecular weight is 300 g/mol. The molecule has 13 heavy (non-hydrogen) atoms. The normalized spacial score (nSPS) is 6.77. The standard InChI is InChI=1S/2C2H4N2S2.Cu/c2*3-1(5)2(4)6;/h2*(H4,3,4,5,6);/p-4. The Morgan fingerprint density at radius 3 is 1.00 bits per heavy atom. The molecular formula is C4H4CuN4S4-4. The Morgan fingerprint density at radius 1 is 0.923 bits per heavy atom. The minimum Gasteiger partial charge on any atom is -0.761 e. The molecule has 0 aromatic carbocycles. The third-order valence-electron chi connectivity index (χ3n) is 0.412. The SMILES string of the molecule is N=C([S-])C([NH-])=S.N=C([S-])C([NH-])=S.[Cu]. The van der Waals surface area contributed by atoms with Crippen molar-refractivity contribution in [3.63, 3.8) is 0 Å². The number of hydrogen-bond donors (Lipinski definition) is 2. The maximum atomic E-state index is 6.44. The summed E-state index contributed by atoms with van der Waals surface area (Å²) in [5.41, 5.74) is 12.9. The maximum Gasteiger partial charge on any atom is 0 e. The van der Waals surface area contributed by atoms with Gasteiger partial charge in [-0.25, -0.2) is 0 Å². The van der Waals surface area contributed by atoms with Gasteiger partial charge < -0.3 is 47.5 Å². The van der Waals surface area contributed by atoms with Crippen molar-refractivity contribution in [2.24, 2.45) is 0 Å². The second-order valence-corrected chi connectivity index (χ2v) is 2.95. The Bertz CT molecular complexity index is 180. The van der Waals surface area contributed by atoms with Crippen molar-refractivity contribution in [3.8, 4) is 0 Å². The quantitative estimate of drug-likeness (QED) is 0.267. The van der Waals surface area contributed by atoms with E-state index in [-0.39, 0.29) is 37.1 Å². The van der Waals surface area contributed by atoms with Gasteiger partial charge in [0.25, 0.3) is 0 Å². The van der Waals surface area contributed by atoms with Gasteiger partial charge in [0.15, 0.2) is 0 Å². The number of thiocarbonyl (C=S) groups is 2. The molecule has 0 aliphatic rings. The molecule has 0 spiro atoms. The second kappa shape index (κ2) is 10.2. The molecule has 0 unspecified atom stereocenters. The summed E-state index contributed by atoms with van der Waals surface area (Å²) in [5.74, 6) is 0. The molecule has 1 radical (unpaired) electrons. The summed E-state index contributed by atoms with van der Waals surface area (Å²) in [6, 6.07) is 0. The van der Waals surface area contributed by atoms with E-state index >= 15 is 0 Å². The minimum absolute atomic E-state index is 0. The van der Waals surface area contributed by atoms with Crippen LogP contribution >= 0.6 is 24.4 Å². The molecule has 0 aliphatic heterocycles. The zero-order chi connectivity index (χ0) is 10.3. The number of hydrogen-bond acceptors (Lipinski definition) is 6. The summed E-state index contributed by atoms with van der Waals surface area (Å²) >= 11 is 16.6. The van der Waals surface area contributed by atoms with Crippen LogP contribution in [0.15, 0.2) is 0 Å². The Labute approximate surface area is 109 Å². The van der Waals surface area contributed by atoms with Crippen molar-refractivity contribution in [1.82, 2.24) is 0 Å². The summed E-state index contributed by atoms with van der Waals surface area (Å²) in [7, 11) is 0. The van der Waals surface area contributed by atoms with E-state index in [2.05, 4.69) is 49.7 Å². The molecule has 0 saturated heterocycles. The molecule has 4 nitrogen and oxygen atoms in total. The van der Waals surface area contributed by atoms with Gasteiger partial charge in [-0.05, 0) is 0 Å². The molecule has 0 saturated carbocycles. The van der Waals surface area contributed by atoms with Gasteiger partial charge in [-0.15, -0.1) is 24.4 Å². The van der Waals surface area contributed by atoms with Gasteiger partial charge in [0.2, 0.25) is 0 Å². The van der Waals surface area contributed by atoms with Crippen LogP contribution in [0, 0.1) is 10.8 Å². The van der Waals surface area contributed by atoms with Crippen LogP contribution in [0.5, 0.6) is 0 Å². The summed E-state index contributed by atoms with van der Waals surface area (Å²) in [6.07, 6.45) is 0. The van der Waals surface area contributed by atoms with E-state index in [0.717, 1.165) is 0 Å². The van der Waals surface area contributed by atoms with E-state index in [4.69, 9.17) is 22.3 Å². The van der Waals surface area contributed by atoms with E-state index < -0.39 is 0 Å². The molecule has 0 atom stereocenters. The van der Waals surface area contributed by atoms with Crippen molar-refractivity contribution < 1.29 is 17.1 Å². The molecule has 9 heteroatoms. The van der Waals surface area contributed by atoms with E-state index in [1.54, 1.807) is 0 Å². The van der Waals surface area contributed by atoms with Crippen LogP contribution in [0.1, 0.15) is 0 Å². The molecule has 4 N–H and O–H groups in total. The van der Waals surface area contributed by atoms with Crippen LogP contribution in [0.3, 0.4) is 0 Å². The molecule has 0 amide bonds. The first kappa shape index (κ1) is 18.8. The van der Waals surface area contributed by atoms with E-state index in [0.29, 0.717) is 0 Å². The van der Waals surface area contributed by atoms with Gasteiger partial charge in [-0.3, -0.25) is 0 Å². The molecule has 79 valence electrons. The Hall–Kier alpha value is 0.0795. The van der Waals surface area contributed by atoms with Crippen molar-refractivity contribution in [2.75, 3.05) is 0 Å². The molecule has 0 aliphatic carbocycles. The zero-order valence-corrected chi connectivity index (χ0v) is 10.1. The third-order valence-corrected chi connectivity index (χ3v) is 1.49. The second-order valence-electron chi connectivity index (χ2n) is 1.32. The van der Waals surface area contributed by atoms with E-state index in [9.17, 15) is 0 Å². The van der Waals surface area contributed by atoms with Crippen LogP contribution in [-0.4, -0.2) is 20.1 Å². The molecular weight excluding hydrogens is 296 g/mol. The Morgan fingerprint density at radius 2 is 1.00 bits per heavy atom. The Balaban J connectivity index is -0.000000143. The van der Waals surface area contributed by atoms with Gasteiger partial charge in [0.1, 0.15) is 0 Å². The molecule has 0 heterocycles. The fourth-order valence-corrected chi connectivity index (χ4v) is 0. The van der Waals surface area contributed by atoms with Crippen LogP contribution < -0.4 is 0 Å². The van der Waals surface area contributed by atoms with Crippen molar-refractivity contribution in [1.29, 1.82) is 10.8 Å². The average Bonchev–Trinajstić information content (AvgIpc) is 1.88. The van der Waals surface area contributed by atoms with Gasteiger partial charge in [0, 0.05) is 17.1 Å². The largest absolute Gasteiger partial charge is 0.761 e. The summed E-state index contributed by atoms with van der Waals surface area (Å²) in [6.45, 7) is 0. The molecule has 0 aromatic rings. The Kier molecular flexibility index (Phi) is 14.7. The van der Waals surface area contributed by atoms with Crippen molar-refractivity contribution >= 4 is 69.8 Å². The fraction of sp³-hybridized carbons (Fsp3) is 0.